The smallest absolute Gasteiger partial charge is 0.341 e. The minimum atomic E-state index is -1.34. The standard InChI is InChI=1S/C15H13BrFNO3/c1-7-5-9(6-8(2)13(7)16)21-11-4-3-10(17)14(18)12(11)15(19)20/h3-6H,18H2,1-2H3,(H,19,20). The topological polar surface area (TPSA) is 72.5 Å². The Morgan fingerprint density at radius 2 is 1.86 bits per heavy atom. The van der Waals surface area contributed by atoms with Crippen LogP contribution in [0, 0.1) is 19.7 Å². The van der Waals surface area contributed by atoms with Crippen LogP contribution in [0.4, 0.5) is 10.1 Å². The van der Waals surface area contributed by atoms with Crippen LogP contribution >= 0.6 is 15.9 Å². The number of carboxylic acid groups (broad SMARTS) is 1. The van der Waals surface area contributed by atoms with Crippen molar-refractivity contribution in [3.05, 3.63) is 51.2 Å². The highest BCUT2D eigenvalue weighted by Gasteiger charge is 2.19. The van der Waals surface area contributed by atoms with E-state index in [1.165, 1.54) is 6.07 Å². The first-order valence-electron chi connectivity index (χ1n) is 6.07. The Balaban J connectivity index is 2.50. The van der Waals surface area contributed by atoms with Crippen molar-refractivity contribution in [3.63, 3.8) is 0 Å². The van der Waals surface area contributed by atoms with Crippen LogP contribution in [0.15, 0.2) is 28.7 Å². The van der Waals surface area contributed by atoms with E-state index >= 15 is 0 Å². The number of benzene rings is 2. The summed E-state index contributed by atoms with van der Waals surface area (Å²) in [5.41, 5.74) is 6.54. The number of nitrogen functional groups attached to an aromatic ring is 1. The zero-order valence-corrected chi connectivity index (χ0v) is 13.0. The van der Waals surface area contributed by atoms with Gasteiger partial charge in [-0.05, 0) is 49.2 Å². The summed E-state index contributed by atoms with van der Waals surface area (Å²) >= 11 is 3.44. The summed E-state index contributed by atoms with van der Waals surface area (Å²) in [6, 6.07) is 5.84. The maximum absolute atomic E-state index is 13.4. The molecule has 0 unspecified atom stereocenters. The average Bonchev–Trinajstić information content (AvgIpc) is 2.40. The molecule has 110 valence electrons. The van der Waals surface area contributed by atoms with Crippen LogP contribution in [-0.2, 0) is 0 Å². The van der Waals surface area contributed by atoms with E-state index in [0.717, 1.165) is 21.7 Å². The molecule has 0 atom stereocenters. The van der Waals surface area contributed by atoms with Gasteiger partial charge < -0.3 is 15.6 Å². The molecule has 0 heterocycles. The van der Waals surface area contributed by atoms with Crippen molar-refractivity contribution in [2.24, 2.45) is 0 Å². The van der Waals surface area contributed by atoms with E-state index in [0.29, 0.717) is 5.75 Å². The summed E-state index contributed by atoms with van der Waals surface area (Å²) in [5.74, 6) is -1.67. The van der Waals surface area contributed by atoms with E-state index in [1.54, 1.807) is 12.1 Å². The largest absolute Gasteiger partial charge is 0.477 e. The van der Waals surface area contributed by atoms with Gasteiger partial charge in [-0.1, -0.05) is 15.9 Å². The molecule has 0 aliphatic rings. The number of hydrogen-bond acceptors (Lipinski definition) is 3. The van der Waals surface area contributed by atoms with Crippen LogP contribution in [0.3, 0.4) is 0 Å². The third-order valence-electron chi connectivity index (χ3n) is 3.01. The molecule has 0 radical (unpaired) electrons. The average molecular weight is 354 g/mol. The molecule has 4 nitrogen and oxygen atoms in total. The molecular formula is C15H13BrFNO3. The molecule has 0 aliphatic carbocycles. The second-order valence-electron chi connectivity index (χ2n) is 4.61. The van der Waals surface area contributed by atoms with Gasteiger partial charge in [-0.2, -0.15) is 0 Å². The maximum Gasteiger partial charge on any atom is 0.341 e. The quantitative estimate of drug-likeness (QED) is 0.807. The minimum Gasteiger partial charge on any atom is -0.477 e. The first-order chi connectivity index (χ1) is 9.81. The molecule has 0 aromatic heterocycles. The van der Waals surface area contributed by atoms with Crippen molar-refractivity contribution >= 4 is 27.6 Å². The molecule has 2 rings (SSSR count). The zero-order chi connectivity index (χ0) is 15.7. The van der Waals surface area contributed by atoms with Gasteiger partial charge in [0.2, 0.25) is 0 Å². The number of anilines is 1. The monoisotopic (exact) mass is 353 g/mol. The summed E-state index contributed by atoms with van der Waals surface area (Å²) in [6.07, 6.45) is 0. The summed E-state index contributed by atoms with van der Waals surface area (Å²) in [4.78, 5) is 11.2. The van der Waals surface area contributed by atoms with Gasteiger partial charge in [0.1, 0.15) is 22.9 Å². The molecule has 21 heavy (non-hydrogen) atoms. The molecule has 6 heteroatoms. The molecular weight excluding hydrogens is 341 g/mol. The fourth-order valence-corrected chi connectivity index (χ4v) is 2.20. The molecule has 2 aromatic carbocycles. The molecule has 0 aliphatic heterocycles. The SMILES string of the molecule is Cc1cc(Oc2ccc(F)c(N)c2C(=O)O)cc(C)c1Br. The number of carbonyl (C=O) groups is 1. The van der Waals surface area contributed by atoms with E-state index in [1.807, 2.05) is 13.8 Å². The molecule has 0 saturated carbocycles. The maximum atomic E-state index is 13.4. The predicted octanol–water partition coefficient (Wildman–Crippen LogP) is 4.28. The van der Waals surface area contributed by atoms with E-state index < -0.39 is 17.5 Å². The lowest BCUT2D eigenvalue weighted by Crippen LogP contribution is -2.07. The fourth-order valence-electron chi connectivity index (χ4n) is 1.97. The van der Waals surface area contributed by atoms with Crippen molar-refractivity contribution < 1.29 is 19.0 Å². The summed E-state index contributed by atoms with van der Waals surface area (Å²) < 4.78 is 19.9. The first kappa shape index (κ1) is 15.3. The van der Waals surface area contributed by atoms with Crippen molar-refractivity contribution in [1.82, 2.24) is 0 Å². The molecule has 0 amide bonds. The van der Waals surface area contributed by atoms with Crippen LogP contribution in [0.25, 0.3) is 0 Å². The number of carboxylic acids is 1. The molecule has 2 aromatic rings. The summed E-state index contributed by atoms with van der Waals surface area (Å²) in [6.45, 7) is 3.78. The van der Waals surface area contributed by atoms with Gasteiger partial charge in [0.05, 0.1) is 5.69 Å². The van der Waals surface area contributed by atoms with E-state index in [2.05, 4.69) is 15.9 Å². The molecule has 0 saturated heterocycles. The minimum absolute atomic E-state index is 0.00234. The Bertz CT molecular complexity index is 708. The van der Waals surface area contributed by atoms with Crippen LogP contribution in [0.2, 0.25) is 0 Å². The van der Waals surface area contributed by atoms with Crippen LogP contribution < -0.4 is 10.5 Å². The second-order valence-corrected chi connectivity index (χ2v) is 5.41. The lowest BCUT2D eigenvalue weighted by molar-refractivity contribution is 0.0695. The summed E-state index contributed by atoms with van der Waals surface area (Å²) in [5, 5.41) is 9.17. The van der Waals surface area contributed by atoms with E-state index in [9.17, 15) is 9.18 Å². The predicted molar refractivity (Wildman–Crippen MR) is 81.5 cm³/mol. The van der Waals surface area contributed by atoms with E-state index in [4.69, 9.17) is 15.6 Å². The molecule has 0 fully saturated rings. The van der Waals surface area contributed by atoms with Gasteiger partial charge in [0.15, 0.2) is 0 Å². The van der Waals surface area contributed by atoms with Gasteiger partial charge in [-0.15, -0.1) is 0 Å². The number of rotatable bonds is 3. The van der Waals surface area contributed by atoms with Gasteiger partial charge in [-0.25, -0.2) is 9.18 Å². The Kier molecular flexibility index (Phi) is 4.18. The fraction of sp³-hybridized carbons (Fsp3) is 0.133. The zero-order valence-electron chi connectivity index (χ0n) is 11.4. The normalized spacial score (nSPS) is 10.5. The number of aromatic carboxylic acids is 1. The van der Waals surface area contributed by atoms with Gasteiger partial charge in [0, 0.05) is 4.47 Å². The third kappa shape index (κ3) is 3.00. The van der Waals surface area contributed by atoms with Crippen molar-refractivity contribution in [2.45, 2.75) is 13.8 Å². The third-order valence-corrected chi connectivity index (χ3v) is 4.26. The second kappa shape index (κ2) is 5.73. The van der Waals surface area contributed by atoms with E-state index in [-0.39, 0.29) is 11.3 Å². The van der Waals surface area contributed by atoms with Gasteiger partial charge >= 0.3 is 5.97 Å². The number of nitrogens with two attached hydrogens (primary N) is 1. The highest BCUT2D eigenvalue weighted by atomic mass is 79.9. The van der Waals surface area contributed by atoms with Crippen molar-refractivity contribution in [3.8, 4) is 11.5 Å². The van der Waals surface area contributed by atoms with Crippen molar-refractivity contribution in [1.29, 1.82) is 0 Å². The Morgan fingerprint density at radius 1 is 1.29 bits per heavy atom. The Morgan fingerprint density at radius 3 is 2.38 bits per heavy atom. The Labute approximate surface area is 129 Å². The molecule has 0 spiro atoms. The number of halogens is 2. The Hall–Kier alpha value is -2.08. The van der Waals surface area contributed by atoms with Crippen LogP contribution in [0.1, 0.15) is 21.5 Å². The van der Waals surface area contributed by atoms with Gasteiger partial charge in [0.25, 0.3) is 0 Å². The lowest BCUT2D eigenvalue weighted by atomic mass is 10.1. The lowest BCUT2D eigenvalue weighted by Gasteiger charge is -2.13. The van der Waals surface area contributed by atoms with Gasteiger partial charge in [-0.3, -0.25) is 0 Å². The van der Waals surface area contributed by atoms with Crippen molar-refractivity contribution in [2.75, 3.05) is 5.73 Å². The molecule has 0 bridgehead atoms. The summed E-state index contributed by atoms with van der Waals surface area (Å²) in [7, 11) is 0. The number of ether oxygens (including phenoxy) is 1. The molecule has 3 N–H and O–H groups in total. The first-order valence-corrected chi connectivity index (χ1v) is 6.86. The van der Waals surface area contributed by atoms with Crippen LogP contribution in [0.5, 0.6) is 11.5 Å². The number of aryl methyl sites for hydroxylation is 2. The highest BCUT2D eigenvalue weighted by Crippen LogP contribution is 2.33. The number of hydrogen-bond donors (Lipinski definition) is 2. The highest BCUT2D eigenvalue weighted by molar-refractivity contribution is 9.10. The van der Waals surface area contributed by atoms with Crippen LogP contribution in [-0.4, -0.2) is 11.1 Å².